The number of halogens is 2. The average molecular weight is 405 g/mol. The van der Waals surface area contributed by atoms with Crippen LogP contribution in [0.4, 0.5) is 8.22 Å². The molecule has 0 saturated carbocycles. The van der Waals surface area contributed by atoms with Crippen molar-refractivity contribution in [1.29, 1.82) is 0 Å². The summed E-state index contributed by atoms with van der Waals surface area (Å²) in [6, 6.07) is 0.502. The molecular weight excluding hydrogens is 354 g/mol. The maximum Gasteiger partial charge on any atom is 0.425 e. The molecular formula is C24H50F2Si. The number of hydrogen-bond acceptors (Lipinski definition) is 0. The van der Waals surface area contributed by atoms with Gasteiger partial charge in [0, 0.05) is 0 Å². The fourth-order valence-electron chi connectivity index (χ4n) is 3.87. The maximum atomic E-state index is 14.1. The zero-order chi connectivity index (χ0) is 20.1. The van der Waals surface area contributed by atoms with E-state index in [1.807, 2.05) is 0 Å². The van der Waals surface area contributed by atoms with Crippen molar-refractivity contribution in [2.45, 2.75) is 154 Å². The number of unbranched alkanes of at least 4 members (excludes halogenated alkanes) is 18. The summed E-state index contributed by atoms with van der Waals surface area (Å²) in [7, 11) is -3.88. The highest BCUT2D eigenvalue weighted by atomic mass is 28.4. The Balaban J connectivity index is 3.31. The van der Waals surface area contributed by atoms with Gasteiger partial charge in [0.15, 0.2) is 0 Å². The number of rotatable bonds is 22. The lowest BCUT2D eigenvalue weighted by atomic mass is 10.1. The van der Waals surface area contributed by atoms with Gasteiger partial charge in [0.2, 0.25) is 0 Å². The SMILES string of the molecule is CCCCCCCCCCCC[Si](F)(F)CCCCCCCCCCCC. The second kappa shape index (κ2) is 20.8. The molecule has 0 aliphatic rings. The molecule has 0 radical (unpaired) electrons. The summed E-state index contributed by atoms with van der Waals surface area (Å²) >= 11 is 0. The van der Waals surface area contributed by atoms with Gasteiger partial charge in [0.25, 0.3) is 0 Å². The topological polar surface area (TPSA) is 0 Å². The van der Waals surface area contributed by atoms with Crippen LogP contribution in [0.1, 0.15) is 142 Å². The van der Waals surface area contributed by atoms with E-state index >= 15 is 0 Å². The molecule has 164 valence electrons. The van der Waals surface area contributed by atoms with Crippen LogP contribution in [0, 0.1) is 0 Å². The minimum Gasteiger partial charge on any atom is -0.270 e. The van der Waals surface area contributed by atoms with Crippen molar-refractivity contribution < 1.29 is 8.22 Å². The molecule has 0 saturated heterocycles. The van der Waals surface area contributed by atoms with Crippen molar-refractivity contribution in [3.05, 3.63) is 0 Å². The largest absolute Gasteiger partial charge is 0.425 e. The smallest absolute Gasteiger partial charge is 0.270 e. The normalized spacial score (nSPS) is 12.0. The fraction of sp³-hybridized carbons (Fsp3) is 1.00. The summed E-state index contributed by atoms with van der Waals surface area (Å²) in [6.07, 6.45) is 24.5. The summed E-state index contributed by atoms with van der Waals surface area (Å²) in [5, 5.41) is 0. The maximum absolute atomic E-state index is 14.1. The molecule has 0 N–H and O–H groups in total. The Labute approximate surface area is 171 Å². The second-order valence-electron chi connectivity index (χ2n) is 8.72. The molecule has 0 aromatic rings. The lowest BCUT2D eigenvalue weighted by molar-refractivity contribution is 0.529. The molecule has 0 nitrogen and oxygen atoms in total. The molecule has 27 heavy (non-hydrogen) atoms. The van der Waals surface area contributed by atoms with Crippen molar-refractivity contribution in [3.8, 4) is 0 Å². The molecule has 0 aromatic carbocycles. The van der Waals surface area contributed by atoms with E-state index in [-0.39, 0.29) is 12.1 Å². The van der Waals surface area contributed by atoms with E-state index in [2.05, 4.69) is 13.8 Å². The fourth-order valence-corrected chi connectivity index (χ4v) is 5.65. The third kappa shape index (κ3) is 22.2. The Kier molecular flexibility index (Phi) is 20.9. The van der Waals surface area contributed by atoms with Crippen molar-refractivity contribution in [2.24, 2.45) is 0 Å². The van der Waals surface area contributed by atoms with Crippen molar-refractivity contribution in [1.82, 2.24) is 0 Å². The van der Waals surface area contributed by atoms with Crippen LogP contribution in [0.5, 0.6) is 0 Å². The summed E-state index contributed by atoms with van der Waals surface area (Å²) < 4.78 is 28.1. The Morgan fingerprint density at radius 1 is 0.370 bits per heavy atom. The van der Waals surface area contributed by atoms with Crippen LogP contribution in [-0.4, -0.2) is 8.74 Å². The van der Waals surface area contributed by atoms with Gasteiger partial charge in [0.05, 0.1) is 0 Å². The van der Waals surface area contributed by atoms with E-state index in [1.165, 1.54) is 89.9 Å². The quantitative estimate of drug-likeness (QED) is 0.0956. The van der Waals surface area contributed by atoms with E-state index in [0.29, 0.717) is 0 Å². The molecule has 0 fully saturated rings. The van der Waals surface area contributed by atoms with E-state index < -0.39 is 8.74 Å². The van der Waals surface area contributed by atoms with Crippen LogP contribution in [0.15, 0.2) is 0 Å². The predicted molar refractivity (Wildman–Crippen MR) is 121 cm³/mol. The van der Waals surface area contributed by atoms with Crippen molar-refractivity contribution >= 4 is 8.74 Å². The van der Waals surface area contributed by atoms with Gasteiger partial charge in [-0.2, -0.15) is 0 Å². The summed E-state index contributed by atoms with van der Waals surface area (Å²) in [5.74, 6) is 0. The molecule has 0 aliphatic carbocycles. The third-order valence-corrected chi connectivity index (χ3v) is 7.96. The highest BCUT2D eigenvalue weighted by Crippen LogP contribution is 2.26. The molecule has 0 amide bonds. The number of hydrogen-bond donors (Lipinski definition) is 0. The van der Waals surface area contributed by atoms with Gasteiger partial charge in [-0.25, -0.2) is 0 Å². The minimum atomic E-state index is -3.88. The summed E-state index contributed by atoms with van der Waals surface area (Å²) in [4.78, 5) is 0. The summed E-state index contributed by atoms with van der Waals surface area (Å²) in [5.41, 5.74) is 0. The van der Waals surface area contributed by atoms with Crippen LogP contribution in [0.3, 0.4) is 0 Å². The Morgan fingerprint density at radius 3 is 0.852 bits per heavy atom. The standard InChI is InChI=1S/C24H50F2Si/c1-3-5-7-9-11-13-15-17-19-21-23-27(25,26)24-22-20-18-16-14-12-10-8-6-4-2/h3-24H2,1-2H3. The predicted octanol–water partition coefficient (Wildman–Crippen LogP) is 10.2. The van der Waals surface area contributed by atoms with Crippen LogP contribution in [0.25, 0.3) is 0 Å². The van der Waals surface area contributed by atoms with E-state index in [9.17, 15) is 8.22 Å². The van der Waals surface area contributed by atoms with Crippen molar-refractivity contribution in [3.63, 3.8) is 0 Å². The van der Waals surface area contributed by atoms with Gasteiger partial charge < -0.3 is 0 Å². The first-order valence-electron chi connectivity index (χ1n) is 12.5. The average Bonchev–Trinajstić information content (AvgIpc) is 2.64. The van der Waals surface area contributed by atoms with Crippen LogP contribution in [-0.2, 0) is 0 Å². The highest BCUT2D eigenvalue weighted by Gasteiger charge is 2.33. The van der Waals surface area contributed by atoms with Crippen molar-refractivity contribution in [2.75, 3.05) is 0 Å². The van der Waals surface area contributed by atoms with E-state index in [1.54, 1.807) is 0 Å². The monoisotopic (exact) mass is 404 g/mol. The van der Waals surface area contributed by atoms with E-state index in [0.717, 1.165) is 38.5 Å². The van der Waals surface area contributed by atoms with Gasteiger partial charge in [-0.1, -0.05) is 142 Å². The Bertz CT molecular complexity index is 256. The zero-order valence-corrected chi connectivity index (χ0v) is 19.8. The molecule has 0 bridgehead atoms. The van der Waals surface area contributed by atoms with Gasteiger partial charge in [-0.05, 0) is 12.1 Å². The molecule has 0 heterocycles. The van der Waals surface area contributed by atoms with Crippen LogP contribution in [0.2, 0.25) is 12.1 Å². The van der Waals surface area contributed by atoms with Gasteiger partial charge in [0.1, 0.15) is 0 Å². The Hall–Kier alpha value is 0.0769. The molecule has 0 aliphatic heterocycles. The lowest BCUT2D eigenvalue weighted by Crippen LogP contribution is -2.21. The zero-order valence-electron chi connectivity index (χ0n) is 18.8. The molecule has 0 aromatic heterocycles. The van der Waals surface area contributed by atoms with Gasteiger partial charge >= 0.3 is 8.74 Å². The minimum absolute atomic E-state index is 0.251. The highest BCUT2D eigenvalue weighted by molar-refractivity contribution is 6.66. The summed E-state index contributed by atoms with van der Waals surface area (Å²) in [6.45, 7) is 4.49. The first-order chi connectivity index (χ1) is 13.1. The van der Waals surface area contributed by atoms with Gasteiger partial charge in [-0.3, -0.25) is 8.22 Å². The molecule has 0 spiro atoms. The Morgan fingerprint density at radius 2 is 0.593 bits per heavy atom. The van der Waals surface area contributed by atoms with Crippen LogP contribution >= 0.6 is 0 Å². The first kappa shape index (κ1) is 27.1. The van der Waals surface area contributed by atoms with Crippen LogP contribution < -0.4 is 0 Å². The molecule has 0 unspecified atom stereocenters. The third-order valence-electron chi connectivity index (χ3n) is 5.79. The molecule has 3 heteroatoms. The lowest BCUT2D eigenvalue weighted by Gasteiger charge is -2.12. The van der Waals surface area contributed by atoms with Gasteiger partial charge in [-0.15, -0.1) is 0 Å². The van der Waals surface area contributed by atoms with E-state index in [4.69, 9.17) is 0 Å². The first-order valence-corrected chi connectivity index (χ1v) is 14.7. The molecule has 0 rings (SSSR count). The second-order valence-corrected chi connectivity index (χ2v) is 11.4. The molecule has 0 atom stereocenters.